The summed E-state index contributed by atoms with van der Waals surface area (Å²) in [5.74, 6) is 0. The molecule has 0 bridgehead atoms. The second kappa shape index (κ2) is 7.72. The fourth-order valence-electron chi connectivity index (χ4n) is 7.53. The minimum absolute atomic E-state index is 0. The number of hydrogen-bond acceptors (Lipinski definition) is 0. The minimum atomic E-state index is -2.23. The van der Waals surface area contributed by atoms with Gasteiger partial charge >= 0.3 is 167 Å². The molecule has 1 aliphatic heterocycles. The Hall–Kier alpha value is -0.786. The molecule has 3 aliphatic carbocycles. The van der Waals surface area contributed by atoms with Gasteiger partial charge in [-0.25, -0.2) is 0 Å². The van der Waals surface area contributed by atoms with E-state index in [1.807, 2.05) is 0 Å². The molecule has 4 unspecified atom stereocenters. The van der Waals surface area contributed by atoms with Crippen LogP contribution in [0, 0.1) is 0 Å². The first kappa shape index (κ1) is 21.4. The molecule has 4 aliphatic rings. The van der Waals surface area contributed by atoms with E-state index in [1.54, 1.807) is 22.3 Å². The third-order valence-electron chi connectivity index (χ3n) is 8.23. The normalized spacial score (nSPS) is 31.1. The van der Waals surface area contributed by atoms with Crippen LogP contribution in [0.2, 0.25) is 8.45 Å². The van der Waals surface area contributed by atoms with Crippen molar-refractivity contribution in [2.75, 3.05) is 0 Å². The predicted molar refractivity (Wildman–Crippen MR) is 112 cm³/mol. The predicted octanol–water partition coefficient (Wildman–Crippen LogP) is 1.63. The molecule has 1 saturated carbocycles. The Morgan fingerprint density at radius 3 is 1.52 bits per heavy atom. The van der Waals surface area contributed by atoms with E-state index in [0.29, 0.717) is 0 Å². The molecule has 29 heavy (non-hydrogen) atoms. The van der Waals surface area contributed by atoms with Crippen molar-refractivity contribution in [3.05, 3.63) is 81.9 Å². The molecule has 3 heteroatoms. The molecule has 1 saturated heterocycles. The van der Waals surface area contributed by atoms with Crippen LogP contribution >= 0.6 is 0 Å². The van der Waals surface area contributed by atoms with Crippen LogP contribution in [-0.4, -0.2) is 0 Å². The van der Waals surface area contributed by atoms with Gasteiger partial charge < -0.3 is 24.8 Å². The molecule has 4 atom stereocenters. The second-order valence-corrected chi connectivity index (χ2v) is 16.6. The van der Waals surface area contributed by atoms with E-state index in [-0.39, 0.29) is 24.8 Å². The summed E-state index contributed by atoms with van der Waals surface area (Å²) in [4.78, 5) is 0. The maximum absolute atomic E-state index is 2.53. The van der Waals surface area contributed by atoms with E-state index in [0.717, 1.165) is 16.9 Å². The first-order valence-corrected chi connectivity index (χ1v) is 14.4. The van der Waals surface area contributed by atoms with Crippen molar-refractivity contribution in [3.63, 3.8) is 0 Å². The van der Waals surface area contributed by atoms with Crippen LogP contribution in [0.5, 0.6) is 0 Å². The largest absolute Gasteiger partial charge is 1.00 e. The molecule has 0 amide bonds. The molecule has 0 spiro atoms. The SMILES string of the molecule is CC1=Cc2ccccc2[CH]1[Ti+2]1([CH]2C(C)=Cc3ccccc32)[CH]2CCCC[CH]21.[Cl-].[Cl-]. The Morgan fingerprint density at radius 2 is 1.07 bits per heavy atom. The summed E-state index contributed by atoms with van der Waals surface area (Å²) in [5, 5.41) is 0. The maximum atomic E-state index is 2.53. The monoisotopic (exact) mass is 458 g/mol. The molecular weight excluding hydrogens is 431 g/mol. The van der Waals surface area contributed by atoms with Crippen molar-refractivity contribution in [3.8, 4) is 0 Å². The van der Waals surface area contributed by atoms with Crippen molar-refractivity contribution >= 4 is 12.2 Å². The number of allylic oxidation sites excluding steroid dienone is 2. The number of hydrogen-bond donors (Lipinski definition) is 0. The zero-order valence-corrected chi connectivity index (χ0v) is 20.2. The first-order valence-electron chi connectivity index (χ1n) is 10.8. The number of rotatable bonds is 2. The van der Waals surface area contributed by atoms with Gasteiger partial charge in [0.2, 0.25) is 0 Å². The van der Waals surface area contributed by atoms with Crippen LogP contribution in [-0.2, 0) is 16.6 Å². The standard InChI is InChI=1S/2C10H9.C6H10.2ClH.Ti/c2*1-8-6-9-4-2-3-5-10(9)7-8;1-2-4-6-5-3-1;;;/h2*2-7H,1H3;1-2H,3-6H2;2*1H;/q;;;;;+2/p-2. The van der Waals surface area contributed by atoms with Crippen LogP contribution < -0.4 is 24.8 Å². The Kier molecular flexibility index (Phi) is 5.71. The molecule has 0 N–H and O–H groups in total. The average Bonchev–Trinajstić information content (AvgIpc) is 3.01. The Labute approximate surface area is 191 Å². The maximum Gasteiger partial charge on any atom is -1.00 e. The van der Waals surface area contributed by atoms with Crippen molar-refractivity contribution in [1.82, 2.24) is 0 Å². The average molecular weight is 459 g/mol. The van der Waals surface area contributed by atoms with Crippen LogP contribution in [0.1, 0.15) is 70.2 Å². The van der Waals surface area contributed by atoms with Crippen molar-refractivity contribution in [1.29, 1.82) is 0 Å². The molecule has 0 nitrogen and oxygen atoms in total. The van der Waals surface area contributed by atoms with Gasteiger partial charge in [0.15, 0.2) is 0 Å². The summed E-state index contributed by atoms with van der Waals surface area (Å²) in [6.07, 6.45) is 11.0. The van der Waals surface area contributed by atoms with E-state index in [4.69, 9.17) is 0 Å². The third kappa shape index (κ3) is 2.83. The van der Waals surface area contributed by atoms with Crippen molar-refractivity contribution in [2.45, 2.75) is 56.4 Å². The Morgan fingerprint density at radius 1 is 0.655 bits per heavy atom. The molecule has 0 radical (unpaired) electrons. The summed E-state index contributed by atoms with van der Waals surface area (Å²) in [6, 6.07) is 18.6. The smallest absolute Gasteiger partial charge is 1.00 e. The summed E-state index contributed by atoms with van der Waals surface area (Å²) < 4.78 is 3.73. The van der Waals surface area contributed by atoms with Gasteiger partial charge in [0, 0.05) is 0 Å². The molecule has 2 aromatic rings. The zero-order chi connectivity index (χ0) is 18.2. The molecule has 1 heterocycles. The van der Waals surface area contributed by atoms with Crippen LogP contribution in [0.25, 0.3) is 12.2 Å². The number of benzene rings is 2. The molecule has 0 aromatic heterocycles. The van der Waals surface area contributed by atoms with Crippen molar-refractivity contribution < 1.29 is 41.4 Å². The van der Waals surface area contributed by atoms with Crippen LogP contribution in [0.15, 0.2) is 59.7 Å². The Balaban J connectivity index is 0.00000102. The van der Waals surface area contributed by atoms with E-state index < -0.39 is 16.6 Å². The topological polar surface area (TPSA) is 0 Å². The van der Waals surface area contributed by atoms with E-state index >= 15 is 0 Å². The summed E-state index contributed by atoms with van der Waals surface area (Å²) >= 11 is -2.23. The fourth-order valence-corrected chi connectivity index (χ4v) is 21.7. The van der Waals surface area contributed by atoms with E-state index in [2.05, 4.69) is 74.5 Å². The van der Waals surface area contributed by atoms with E-state index in [1.165, 1.54) is 36.8 Å². The van der Waals surface area contributed by atoms with Gasteiger partial charge in [0.1, 0.15) is 0 Å². The second-order valence-electron chi connectivity index (χ2n) is 9.40. The van der Waals surface area contributed by atoms with Crippen molar-refractivity contribution in [2.24, 2.45) is 0 Å². The van der Waals surface area contributed by atoms with Gasteiger partial charge in [-0.2, -0.15) is 0 Å². The summed E-state index contributed by atoms with van der Waals surface area (Å²) in [5.41, 5.74) is 9.76. The quantitative estimate of drug-likeness (QED) is 0.600. The van der Waals surface area contributed by atoms with Gasteiger partial charge in [-0.15, -0.1) is 0 Å². The Bertz CT molecular complexity index is 924. The number of fused-ring (bicyclic) bond motifs is 3. The molecule has 2 fully saturated rings. The van der Waals surface area contributed by atoms with Gasteiger partial charge in [0.25, 0.3) is 0 Å². The van der Waals surface area contributed by atoms with Crippen LogP contribution in [0.4, 0.5) is 0 Å². The molecule has 150 valence electrons. The molecule has 2 aromatic carbocycles. The first-order chi connectivity index (χ1) is 13.2. The number of halogens is 2. The molecular formula is C26H28Cl2Ti. The summed E-state index contributed by atoms with van der Waals surface area (Å²) in [7, 11) is 0. The molecule has 6 rings (SSSR count). The fraction of sp³-hybridized carbons (Fsp3) is 0.385. The third-order valence-corrected chi connectivity index (χ3v) is 19.3. The van der Waals surface area contributed by atoms with Crippen LogP contribution in [0.3, 0.4) is 0 Å². The van der Waals surface area contributed by atoms with Gasteiger partial charge in [-0.3, -0.25) is 0 Å². The van der Waals surface area contributed by atoms with Gasteiger partial charge in [-0.05, 0) is 0 Å². The summed E-state index contributed by atoms with van der Waals surface area (Å²) in [6.45, 7) is 4.89. The van der Waals surface area contributed by atoms with Gasteiger partial charge in [0.05, 0.1) is 0 Å². The minimum Gasteiger partial charge on any atom is -1.00 e. The van der Waals surface area contributed by atoms with Gasteiger partial charge in [-0.1, -0.05) is 0 Å². The zero-order valence-electron chi connectivity index (χ0n) is 17.2. The van der Waals surface area contributed by atoms with E-state index in [9.17, 15) is 0 Å².